The van der Waals surface area contributed by atoms with Gasteiger partial charge in [0.2, 0.25) is 15.9 Å². The van der Waals surface area contributed by atoms with Gasteiger partial charge in [-0.25, -0.2) is 8.42 Å². The van der Waals surface area contributed by atoms with Gasteiger partial charge in [0.25, 0.3) is 0 Å². The fourth-order valence-corrected chi connectivity index (χ4v) is 4.56. The second-order valence-corrected chi connectivity index (χ2v) is 10.4. The molecule has 0 atom stereocenters. The molecule has 0 aliphatic rings. The van der Waals surface area contributed by atoms with Gasteiger partial charge in [-0.1, -0.05) is 53.0 Å². The van der Waals surface area contributed by atoms with E-state index in [4.69, 9.17) is 23.2 Å². The third-order valence-electron chi connectivity index (χ3n) is 4.06. The van der Waals surface area contributed by atoms with Gasteiger partial charge in [0, 0.05) is 12.3 Å². The Balaban J connectivity index is 1.78. The lowest BCUT2D eigenvalue weighted by Crippen LogP contribution is -2.40. The van der Waals surface area contributed by atoms with Crippen molar-refractivity contribution in [2.45, 2.75) is 19.1 Å². The Morgan fingerprint density at radius 3 is 2.41 bits per heavy atom. The van der Waals surface area contributed by atoms with Crippen molar-refractivity contribution in [3.8, 4) is 0 Å². The third-order valence-corrected chi connectivity index (χ3v) is 7.05. The lowest BCUT2D eigenvalue weighted by atomic mass is 10.2. The average molecular weight is 475 g/mol. The summed E-state index contributed by atoms with van der Waals surface area (Å²) in [6.07, 6.45) is 1.85. The molecule has 1 amide bonds. The van der Waals surface area contributed by atoms with Gasteiger partial charge in [-0.2, -0.15) is 11.8 Å². The van der Waals surface area contributed by atoms with Crippen LogP contribution in [0, 0.1) is 6.92 Å². The molecule has 2 rings (SSSR count). The molecule has 0 saturated carbocycles. The van der Waals surface area contributed by atoms with Crippen LogP contribution in [0.4, 0.5) is 5.69 Å². The maximum Gasteiger partial charge on any atom is 0.240 e. The Morgan fingerprint density at radius 2 is 1.79 bits per heavy atom. The topological polar surface area (TPSA) is 66.5 Å². The Hall–Kier alpha value is -1.41. The van der Waals surface area contributed by atoms with E-state index in [1.54, 1.807) is 11.8 Å². The van der Waals surface area contributed by atoms with Crippen LogP contribution in [0.5, 0.6) is 0 Å². The van der Waals surface area contributed by atoms with Crippen LogP contribution in [0.2, 0.25) is 10.0 Å². The van der Waals surface area contributed by atoms with Gasteiger partial charge in [0.1, 0.15) is 6.54 Å². The first kappa shape index (κ1) is 23.9. The van der Waals surface area contributed by atoms with Gasteiger partial charge in [-0.3, -0.25) is 9.10 Å². The van der Waals surface area contributed by atoms with E-state index in [1.165, 1.54) is 29.3 Å². The highest BCUT2D eigenvalue weighted by atomic mass is 35.5. The molecule has 0 fully saturated rings. The summed E-state index contributed by atoms with van der Waals surface area (Å²) >= 11 is 13.6. The molecule has 9 heteroatoms. The number of carbonyl (C=O) groups excluding carboxylic acids is 1. The molecule has 0 aliphatic carbocycles. The standard InChI is InChI=1S/C20H24Cl2N2O3S2/c1-15-4-6-16(7-5-15)14-28-11-3-10-23-20(25)13-24(29(2,26)27)17-8-9-18(21)19(22)12-17/h4-9,12H,3,10-11,13-14H2,1-2H3,(H,23,25). The molecule has 2 aromatic rings. The van der Waals surface area contributed by atoms with Crippen molar-refractivity contribution in [3.63, 3.8) is 0 Å². The van der Waals surface area contributed by atoms with Crippen LogP contribution >= 0.6 is 35.0 Å². The van der Waals surface area contributed by atoms with Crippen molar-refractivity contribution in [1.82, 2.24) is 5.32 Å². The predicted octanol–water partition coefficient (Wildman–Crippen LogP) is 4.51. The highest BCUT2D eigenvalue weighted by Gasteiger charge is 2.21. The molecule has 1 N–H and O–H groups in total. The Morgan fingerprint density at radius 1 is 1.10 bits per heavy atom. The zero-order valence-electron chi connectivity index (χ0n) is 16.3. The number of hydrogen-bond acceptors (Lipinski definition) is 4. The Labute approximate surface area is 186 Å². The summed E-state index contributed by atoms with van der Waals surface area (Å²) in [6.45, 7) is 2.23. The van der Waals surface area contributed by atoms with Gasteiger partial charge < -0.3 is 5.32 Å². The maximum absolute atomic E-state index is 12.2. The number of aryl methyl sites for hydroxylation is 1. The zero-order chi connectivity index (χ0) is 21.4. The molecule has 0 aromatic heterocycles. The molecule has 0 heterocycles. The average Bonchev–Trinajstić information content (AvgIpc) is 2.65. The van der Waals surface area contributed by atoms with E-state index in [1.807, 2.05) is 0 Å². The molecule has 29 heavy (non-hydrogen) atoms. The van der Waals surface area contributed by atoms with Crippen molar-refractivity contribution >= 4 is 56.6 Å². The van der Waals surface area contributed by atoms with Gasteiger partial charge in [0.15, 0.2) is 0 Å². The summed E-state index contributed by atoms with van der Waals surface area (Å²) in [7, 11) is -3.65. The quantitative estimate of drug-likeness (QED) is 0.514. The molecule has 0 spiro atoms. The summed E-state index contributed by atoms with van der Waals surface area (Å²) in [6, 6.07) is 12.9. The summed E-state index contributed by atoms with van der Waals surface area (Å²) in [4.78, 5) is 12.2. The van der Waals surface area contributed by atoms with Crippen molar-refractivity contribution in [2.75, 3.05) is 29.4 Å². The number of nitrogens with one attached hydrogen (secondary N) is 1. The van der Waals surface area contributed by atoms with Gasteiger partial charge in [-0.05, 0) is 42.9 Å². The zero-order valence-corrected chi connectivity index (χ0v) is 19.5. The minimum absolute atomic E-state index is 0.226. The summed E-state index contributed by atoms with van der Waals surface area (Å²) < 4.78 is 25.2. The molecule has 0 unspecified atom stereocenters. The molecule has 0 aliphatic heterocycles. The summed E-state index contributed by atoms with van der Waals surface area (Å²) in [5.41, 5.74) is 2.81. The number of hydrogen-bond donors (Lipinski definition) is 1. The number of rotatable bonds is 10. The fraction of sp³-hybridized carbons (Fsp3) is 0.350. The van der Waals surface area contributed by atoms with E-state index in [2.05, 4.69) is 36.5 Å². The van der Waals surface area contributed by atoms with Crippen molar-refractivity contribution < 1.29 is 13.2 Å². The van der Waals surface area contributed by atoms with E-state index < -0.39 is 10.0 Å². The van der Waals surface area contributed by atoms with Crippen LogP contribution in [0.1, 0.15) is 17.5 Å². The van der Waals surface area contributed by atoms with Crippen molar-refractivity contribution in [2.24, 2.45) is 0 Å². The van der Waals surface area contributed by atoms with Crippen molar-refractivity contribution in [1.29, 1.82) is 0 Å². The van der Waals surface area contributed by atoms with Gasteiger partial charge in [-0.15, -0.1) is 0 Å². The smallest absolute Gasteiger partial charge is 0.240 e. The highest BCUT2D eigenvalue weighted by molar-refractivity contribution is 7.98. The molecule has 158 valence electrons. The fourth-order valence-electron chi connectivity index (χ4n) is 2.50. The van der Waals surface area contributed by atoms with Crippen LogP contribution in [-0.2, 0) is 20.6 Å². The lowest BCUT2D eigenvalue weighted by molar-refractivity contribution is -0.119. The maximum atomic E-state index is 12.2. The minimum Gasteiger partial charge on any atom is -0.354 e. The molecule has 0 bridgehead atoms. The number of anilines is 1. The first-order chi connectivity index (χ1) is 13.7. The van der Waals surface area contributed by atoms with Crippen molar-refractivity contribution in [3.05, 3.63) is 63.6 Å². The van der Waals surface area contributed by atoms with E-state index >= 15 is 0 Å². The van der Waals surface area contributed by atoms with Crippen LogP contribution in [-0.4, -0.2) is 39.4 Å². The third kappa shape index (κ3) is 8.09. The lowest BCUT2D eigenvalue weighted by Gasteiger charge is -2.22. The normalized spacial score (nSPS) is 11.3. The minimum atomic E-state index is -3.65. The van der Waals surface area contributed by atoms with Crippen LogP contribution < -0.4 is 9.62 Å². The largest absolute Gasteiger partial charge is 0.354 e. The molecular formula is C20H24Cl2N2O3S2. The van der Waals surface area contributed by atoms with Crippen LogP contribution in [0.3, 0.4) is 0 Å². The molecule has 0 saturated heterocycles. The summed E-state index contributed by atoms with van der Waals surface area (Å²) in [5.74, 6) is 1.45. The van der Waals surface area contributed by atoms with Crippen LogP contribution in [0.15, 0.2) is 42.5 Å². The monoisotopic (exact) mass is 474 g/mol. The van der Waals surface area contributed by atoms with E-state index in [-0.39, 0.29) is 17.5 Å². The Bertz CT molecular complexity index is 935. The number of nitrogens with zero attached hydrogens (tertiary/aromatic N) is 1. The molecule has 2 aromatic carbocycles. The number of amides is 1. The molecule has 0 radical (unpaired) electrons. The Kier molecular flexibility index (Phi) is 9.14. The van der Waals surface area contributed by atoms with E-state index in [9.17, 15) is 13.2 Å². The number of benzene rings is 2. The summed E-state index contributed by atoms with van der Waals surface area (Å²) in [5, 5.41) is 3.31. The highest BCUT2D eigenvalue weighted by Crippen LogP contribution is 2.28. The number of halogens is 2. The first-order valence-electron chi connectivity index (χ1n) is 8.99. The number of sulfonamides is 1. The predicted molar refractivity (Wildman–Crippen MR) is 124 cm³/mol. The SMILES string of the molecule is Cc1ccc(CSCCCNC(=O)CN(c2ccc(Cl)c(Cl)c2)S(C)(=O)=O)cc1. The van der Waals surface area contributed by atoms with Gasteiger partial charge >= 0.3 is 0 Å². The second-order valence-electron chi connectivity index (χ2n) is 6.61. The number of thioether (sulfide) groups is 1. The van der Waals surface area contributed by atoms with Gasteiger partial charge in [0.05, 0.1) is 22.0 Å². The second kappa shape index (κ2) is 11.1. The molecular weight excluding hydrogens is 451 g/mol. The van der Waals surface area contributed by atoms with E-state index in [0.717, 1.165) is 28.5 Å². The van der Waals surface area contributed by atoms with E-state index in [0.29, 0.717) is 17.3 Å². The molecule has 5 nitrogen and oxygen atoms in total. The first-order valence-corrected chi connectivity index (χ1v) is 12.8. The number of carbonyl (C=O) groups is 1. The van der Waals surface area contributed by atoms with Crippen LogP contribution in [0.25, 0.3) is 0 Å².